The van der Waals surface area contributed by atoms with Crippen LogP contribution in [0.25, 0.3) is 16.8 Å². The Labute approximate surface area is 124 Å². The van der Waals surface area contributed by atoms with E-state index in [1.54, 1.807) is 0 Å². The highest BCUT2D eigenvalue weighted by molar-refractivity contribution is 7.99. The van der Waals surface area contributed by atoms with Gasteiger partial charge in [0.1, 0.15) is 0 Å². The number of benzene rings is 3. The van der Waals surface area contributed by atoms with Gasteiger partial charge in [0, 0.05) is 10.6 Å². The monoisotopic (exact) mass is 276 g/mol. The van der Waals surface area contributed by atoms with Gasteiger partial charge in [0.15, 0.2) is 0 Å². The average Bonchev–Trinajstić information content (AvgIpc) is 2.53. The summed E-state index contributed by atoms with van der Waals surface area (Å²) in [7, 11) is 0. The molecule has 0 aromatic heterocycles. The number of thioether (sulfide) groups is 1. The molecule has 0 aliphatic heterocycles. The van der Waals surface area contributed by atoms with Crippen LogP contribution in [-0.4, -0.2) is 5.75 Å². The third-order valence-corrected chi connectivity index (χ3v) is 4.17. The van der Waals surface area contributed by atoms with E-state index in [4.69, 9.17) is 0 Å². The smallest absolute Gasteiger partial charge is 0.0164 e. The van der Waals surface area contributed by atoms with Crippen molar-refractivity contribution in [1.29, 1.82) is 0 Å². The molecule has 0 aliphatic rings. The molecule has 0 aliphatic carbocycles. The van der Waals surface area contributed by atoms with Crippen LogP contribution in [0.15, 0.2) is 83.8 Å². The number of rotatable bonds is 4. The normalized spacial score (nSPS) is 11.2. The minimum atomic E-state index is 0.993. The summed E-state index contributed by atoms with van der Waals surface area (Å²) in [6.07, 6.45) is 4.46. The van der Waals surface area contributed by atoms with E-state index in [9.17, 15) is 0 Å². The lowest BCUT2D eigenvalue weighted by atomic mass is 10.0. The molecule has 3 aromatic rings. The maximum absolute atomic E-state index is 2.24. The fourth-order valence-corrected chi connectivity index (χ4v) is 2.97. The van der Waals surface area contributed by atoms with Gasteiger partial charge < -0.3 is 0 Å². The first-order valence-corrected chi connectivity index (χ1v) is 7.74. The Bertz CT molecular complexity index is 709. The Morgan fingerprint density at radius 2 is 1.50 bits per heavy atom. The molecule has 0 saturated carbocycles. The Kier molecular flexibility index (Phi) is 4.19. The number of fused-ring (bicyclic) bond motifs is 1. The summed E-state index contributed by atoms with van der Waals surface area (Å²) < 4.78 is 0. The zero-order valence-electron chi connectivity index (χ0n) is 11.2. The second-order valence-corrected chi connectivity index (χ2v) is 5.69. The molecular formula is C19H16S. The molecule has 0 radical (unpaired) electrons. The summed E-state index contributed by atoms with van der Waals surface area (Å²) in [4.78, 5) is 1.31. The molecule has 0 nitrogen and oxygen atoms in total. The lowest BCUT2D eigenvalue weighted by Crippen LogP contribution is -1.78. The van der Waals surface area contributed by atoms with Gasteiger partial charge in [-0.25, -0.2) is 0 Å². The topological polar surface area (TPSA) is 0 Å². The third-order valence-electron chi connectivity index (χ3n) is 3.21. The van der Waals surface area contributed by atoms with Gasteiger partial charge >= 0.3 is 0 Å². The number of hydrogen-bond acceptors (Lipinski definition) is 1. The Balaban J connectivity index is 1.72. The minimum absolute atomic E-state index is 0.993. The van der Waals surface area contributed by atoms with Crippen LogP contribution in [-0.2, 0) is 0 Å². The van der Waals surface area contributed by atoms with Gasteiger partial charge in [0.05, 0.1) is 0 Å². The first-order chi connectivity index (χ1) is 9.93. The maximum atomic E-state index is 2.24. The van der Waals surface area contributed by atoms with Crippen molar-refractivity contribution in [3.63, 3.8) is 0 Å². The van der Waals surface area contributed by atoms with Gasteiger partial charge in [-0.1, -0.05) is 72.8 Å². The third kappa shape index (κ3) is 3.12. The fourth-order valence-electron chi connectivity index (χ4n) is 2.23. The molecule has 0 spiro atoms. The van der Waals surface area contributed by atoms with Gasteiger partial charge in [-0.05, 0) is 28.5 Å². The van der Waals surface area contributed by atoms with Crippen LogP contribution >= 0.6 is 11.8 Å². The molecule has 3 aromatic carbocycles. The van der Waals surface area contributed by atoms with E-state index < -0.39 is 0 Å². The zero-order valence-corrected chi connectivity index (χ0v) is 12.0. The van der Waals surface area contributed by atoms with Crippen molar-refractivity contribution in [3.8, 4) is 0 Å². The van der Waals surface area contributed by atoms with Crippen LogP contribution in [0.4, 0.5) is 0 Å². The molecule has 0 fully saturated rings. The van der Waals surface area contributed by atoms with E-state index in [2.05, 4.69) is 84.9 Å². The van der Waals surface area contributed by atoms with Crippen LogP contribution in [0.5, 0.6) is 0 Å². The van der Waals surface area contributed by atoms with Crippen molar-refractivity contribution in [2.75, 3.05) is 5.75 Å². The summed E-state index contributed by atoms with van der Waals surface area (Å²) >= 11 is 1.86. The quantitative estimate of drug-likeness (QED) is 0.555. The Morgan fingerprint density at radius 3 is 2.40 bits per heavy atom. The zero-order chi connectivity index (χ0) is 13.6. The first-order valence-electron chi connectivity index (χ1n) is 6.76. The molecule has 0 saturated heterocycles. The van der Waals surface area contributed by atoms with Crippen molar-refractivity contribution < 1.29 is 0 Å². The molecule has 0 bridgehead atoms. The van der Waals surface area contributed by atoms with Gasteiger partial charge in [0.2, 0.25) is 0 Å². The lowest BCUT2D eigenvalue weighted by Gasteiger charge is -2.01. The predicted molar refractivity (Wildman–Crippen MR) is 90.1 cm³/mol. The van der Waals surface area contributed by atoms with Crippen LogP contribution in [0.1, 0.15) is 5.56 Å². The van der Waals surface area contributed by atoms with Gasteiger partial charge in [0.25, 0.3) is 0 Å². The SMILES string of the molecule is C(=C\c1cccc2ccccc12)/CSc1ccccc1. The van der Waals surface area contributed by atoms with E-state index in [0.717, 1.165) is 5.75 Å². The standard InChI is InChI=1S/C19H16S/c1-2-12-18(13-3-1)20-15-7-11-17-10-6-9-16-8-4-5-14-19(16)17/h1-14H,15H2/b11-7+. The second-order valence-electron chi connectivity index (χ2n) is 4.59. The van der Waals surface area contributed by atoms with Crippen molar-refractivity contribution in [3.05, 3.63) is 84.4 Å². The van der Waals surface area contributed by atoms with E-state index in [1.165, 1.54) is 21.2 Å². The molecule has 20 heavy (non-hydrogen) atoms. The molecule has 0 atom stereocenters. The molecule has 0 amide bonds. The van der Waals surface area contributed by atoms with Crippen molar-refractivity contribution in [2.24, 2.45) is 0 Å². The van der Waals surface area contributed by atoms with Crippen molar-refractivity contribution in [1.82, 2.24) is 0 Å². The molecule has 3 rings (SSSR count). The molecule has 1 heteroatoms. The summed E-state index contributed by atoms with van der Waals surface area (Å²) in [6.45, 7) is 0. The minimum Gasteiger partial charge on any atom is -0.122 e. The fraction of sp³-hybridized carbons (Fsp3) is 0.0526. The summed E-state index contributed by atoms with van der Waals surface area (Å²) in [5.74, 6) is 0.993. The largest absolute Gasteiger partial charge is 0.122 e. The molecule has 0 heterocycles. The van der Waals surface area contributed by atoms with Gasteiger partial charge in [-0.15, -0.1) is 11.8 Å². The first kappa shape index (κ1) is 13.0. The highest BCUT2D eigenvalue weighted by Gasteiger charge is 1.96. The molecule has 0 unspecified atom stereocenters. The Hall–Kier alpha value is -1.99. The van der Waals surface area contributed by atoms with E-state index >= 15 is 0 Å². The van der Waals surface area contributed by atoms with E-state index in [0.29, 0.717) is 0 Å². The molecular weight excluding hydrogens is 260 g/mol. The van der Waals surface area contributed by atoms with E-state index in [-0.39, 0.29) is 0 Å². The number of hydrogen-bond donors (Lipinski definition) is 0. The average molecular weight is 276 g/mol. The van der Waals surface area contributed by atoms with Crippen LogP contribution < -0.4 is 0 Å². The van der Waals surface area contributed by atoms with Crippen LogP contribution in [0.2, 0.25) is 0 Å². The van der Waals surface area contributed by atoms with Crippen LogP contribution in [0, 0.1) is 0 Å². The highest BCUT2D eigenvalue weighted by Crippen LogP contribution is 2.21. The van der Waals surface area contributed by atoms with Crippen LogP contribution in [0.3, 0.4) is 0 Å². The summed E-state index contributed by atoms with van der Waals surface area (Å²) in [5, 5.41) is 2.61. The van der Waals surface area contributed by atoms with Gasteiger partial charge in [-0.2, -0.15) is 0 Å². The van der Waals surface area contributed by atoms with E-state index in [1.807, 2.05) is 11.8 Å². The lowest BCUT2D eigenvalue weighted by molar-refractivity contribution is 1.46. The second kappa shape index (κ2) is 6.44. The molecule has 0 N–H and O–H groups in total. The molecule has 98 valence electrons. The predicted octanol–water partition coefficient (Wildman–Crippen LogP) is 5.65. The van der Waals surface area contributed by atoms with Gasteiger partial charge in [-0.3, -0.25) is 0 Å². The van der Waals surface area contributed by atoms with Crippen molar-refractivity contribution >= 4 is 28.6 Å². The van der Waals surface area contributed by atoms with Crippen molar-refractivity contribution in [2.45, 2.75) is 4.90 Å². The maximum Gasteiger partial charge on any atom is 0.0164 e. The summed E-state index contributed by atoms with van der Waals surface area (Å²) in [5.41, 5.74) is 1.29. The Morgan fingerprint density at radius 1 is 0.750 bits per heavy atom. The highest BCUT2D eigenvalue weighted by atomic mass is 32.2. The summed E-state index contributed by atoms with van der Waals surface area (Å²) in [6, 6.07) is 25.5.